The summed E-state index contributed by atoms with van der Waals surface area (Å²) in [4.78, 5) is 0. The Morgan fingerprint density at radius 3 is 1.50 bits per heavy atom. The summed E-state index contributed by atoms with van der Waals surface area (Å²) in [5, 5.41) is 6.34. The summed E-state index contributed by atoms with van der Waals surface area (Å²) < 4.78 is 2.37. The van der Waals surface area contributed by atoms with Crippen LogP contribution in [0.5, 0.6) is 0 Å². The van der Waals surface area contributed by atoms with Crippen LogP contribution >= 0.6 is 0 Å². The van der Waals surface area contributed by atoms with E-state index in [9.17, 15) is 0 Å². The molecule has 0 aliphatic carbocycles. The third kappa shape index (κ3) is 5.53. The number of benzene rings is 8. The quantitative estimate of drug-likeness (QED) is 0.184. The fourth-order valence-corrected chi connectivity index (χ4v) is 7.15. The van der Waals surface area contributed by atoms with Gasteiger partial charge in [0.2, 0.25) is 0 Å². The number of nitrogens with zero attached hydrogens (tertiary/aromatic N) is 1. The van der Waals surface area contributed by atoms with Crippen molar-refractivity contribution in [2.45, 2.75) is 0 Å². The van der Waals surface area contributed by atoms with Crippen LogP contribution in [-0.2, 0) is 0 Å². The van der Waals surface area contributed by atoms with Crippen molar-refractivity contribution in [3.63, 3.8) is 0 Å². The van der Waals surface area contributed by atoms with E-state index in [4.69, 9.17) is 0 Å². The van der Waals surface area contributed by atoms with Gasteiger partial charge in [0.05, 0.1) is 11.0 Å². The second kappa shape index (κ2) is 12.8. The Labute approximate surface area is 292 Å². The maximum atomic E-state index is 3.84. The van der Waals surface area contributed by atoms with E-state index in [1.54, 1.807) is 0 Å². The summed E-state index contributed by atoms with van der Waals surface area (Å²) >= 11 is 0. The molecule has 0 atom stereocenters. The summed E-state index contributed by atoms with van der Waals surface area (Å²) in [5.41, 5.74) is 15.1. The van der Waals surface area contributed by atoms with Crippen LogP contribution < -0.4 is 5.32 Å². The molecule has 236 valence electrons. The first kappa shape index (κ1) is 29.5. The zero-order valence-corrected chi connectivity index (χ0v) is 27.5. The minimum absolute atomic E-state index is 1.05. The Morgan fingerprint density at radius 1 is 0.320 bits per heavy atom. The Bertz CT molecular complexity index is 2530. The largest absolute Gasteiger partial charge is 0.355 e. The van der Waals surface area contributed by atoms with Crippen molar-refractivity contribution in [2.75, 3.05) is 5.32 Å². The van der Waals surface area contributed by atoms with Crippen molar-refractivity contribution in [3.05, 3.63) is 200 Å². The van der Waals surface area contributed by atoms with Crippen LogP contribution in [0.1, 0.15) is 0 Å². The van der Waals surface area contributed by atoms with E-state index in [-0.39, 0.29) is 0 Å². The first-order valence-electron chi connectivity index (χ1n) is 17.1. The van der Waals surface area contributed by atoms with Crippen molar-refractivity contribution in [2.24, 2.45) is 0 Å². The molecule has 0 fully saturated rings. The molecule has 0 bridgehead atoms. The average Bonchev–Trinajstić information content (AvgIpc) is 3.53. The van der Waals surface area contributed by atoms with Gasteiger partial charge in [0.1, 0.15) is 0 Å². The summed E-state index contributed by atoms with van der Waals surface area (Å²) in [7, 11) is 0. The molecule has 0 unspecified atom stereocenters. The van der Waals surface area contributed by atoms with Crippen LogP contribution in [0.3, 0.4) is 0 Å². The van der Waals surface area contributed by atoms with Crippen LogP contribution in [-0.4, -0.2) is 4.57 Å². The molecule has 2 nitrogen and oxygen atoms in total. The lowest BCUT2D eigenvalue weighted by Gasteiger charge is -2.17. The zero-order chi connectivity index (χ0) is 33.3. The first-order valence-corrected chi connectivity index (χ1v) is 17.1. The second-order valence-electron chi connectivity index (χ2n) is 12.7. The molecule has 50 heavy (non-hydrogen) atoms. The molecule has 0 amide bonds. The van der Waals surface area contributed by atoms with Gasteiger partial charge in [-0.25, -0.2) is 0 Å². The lowest BCUT2D eigenvalue weighted by atomic mass is 9.95. The first-order chi connectivity index (χ1) is 24.8. The van der Waals surface area contributed by atoms with E-state index in [2.05, 4.69) is 210 Å². The fourth-order valence-electron chi connectivity index (χ4n) is 7.15. The van der Waals surface area contributed by atoms with E-state index in [0.717, 1.165) is 16.9 Å². The second-order valence-corrected chi connectivity index (χ2v) is 12.7. The van der Waals surface area contributed by atoms with Crippen molar-refractivity contribution in [1.82, 2.24) is 4.57 Å². The van der Waals surface area contributed by atoms with Gasteiger partial charge in [-0.05, 0) is 99.6 Å². The van der Waals surface area contributed by atoms with Crippen LogP contribution in [0.25, 0.3) is 72.0 Å². The van der Waals surface area contributed by atoms with Crippen LogP contribution in [0.4, 0.5) is 11.4 Å². The molecule has 0 aliphatic rings. The number of anilines is 2. The van der Waals surface area contributed by atoms with Crippen molar-refractivity contribution < 1.29 is 0 Å². The van der Waals surface area contributed by atoms with Gasteiger partial charge in [0.25, 0.3) is 0 Å². The van der Waals surface area contributed by atoms with Gasteiger partial charge in [-0.2, -0.15) is 0 Å². The Hall–Kier alpha value is -6.64. The molecule has 0 aliphatic heterocycles. The monoisotopic (exact) mass is 638 g/mol. The minimum atomic E-state index is 1.05. The van der Waals surface area contributed by atoms with Gasteiger partial charge < -0.3 is 9.88 Å². The van der Waals surface area contributed by atoms with E-state index in [1.165, 1.54) is 66.4 Å². The number of para-hydroxylation sites is 2. The van der Waals surface area contributed by atoms with Crippen LogP contribution in [0.2, 0.25) is 0 Å². The lowest BCUT2D eigenvalue weighted by molar-refractivity contribution is 1.18. The zero-order valence-electron chi connectivity index (χ0n) is 27.5. The third-order valence-electron chi connectivity index (χ3n) is 9.55. The topological polar surface area (TPSA) is 17.0 Å². The van der Waals surface area contributed by atoms with E-state index in [1.807, 2.05) is 0 Å². The van der Waals surface area contributed by atoms with Crippen molar-refractivity contribution >= 4 is 33.2 Å². The molecule has 1 N–H and O–H groups in total. The van der Waals surface area contributed by atoms with E-state index < -0.39 is 0 Å². The van der Waals surface area contributed by atoms with Gasteiger partial charge in [0.15, 0.2) is 0 Å². The van der Waals surface area contributed by atoms with Gasteiger partial charge in [-0.3, -0.25) is 0 Å². The Kier molecular flexibility index (Phi) is 7.53. The highest BCUT2D eigenvalue weighted by atomic mass is 15.0. The summed E-state index contributed by atoms with van der Waals surface area (Å²) in [6.07, 6.45) is 0. The van der Waals surface area contributed by atoms with Gasteiger partial charge in [-0.1, -0.05) is 140 Å². The Balaban J connectivity index is 1.16. The molecule has 0 radical (unpaired) electrons. The molecule has 9 aromatic rings. The molecular weight excluding hydrogens is 605 g/mol. The lowest BCUT2D eigenvalue weighted by Crippen LogP contribution is -1.96. The van der Waals surface area contributed by atoms with Gasteiger partial charge in [-0.15, -0.1) is 0 Å². The van der Waals surface area contributed by atoms with Crippen molar-refractivity contribution in [3.8, 4) is 50.2 Å². The molecule has 2 heteroatoms. The maximum absolute atomic E-state index is 3.84. The fraction of sp³-hybridized carbons (Fsp3) is 0. The van der Waals surface area contributed by atoms with Gasteiger partial charge >= 0.3 is 0 Å². The normalized spacial score (nSPS) is 11.2. The number of fused-ring (bicyclic) bond motifs is 3. The minimum Gasteiger partial charge on any atom is -0.355 e. The average molecular weight is 639 g/mol. The predicted octanol–water partition coefficient (Wildman–Crippen LogP) is 13.2. The highest BCUT2D eigenvalue weighted by molar-refractivity contribution is 6.10. The third-order valence-corrected chi connectivity index (χ3v) is 9.55. The molecule has 0 spiro atoms. The summed E-state index contributed by atoms with van der Waals surface area (Å²) in [6, 6.07) is 71.7. The smallest absolute Gasteiger partial charge is 0.0541 e. The number of hydrogen-bond donors (Lipinski definition) is 1. The molecular formula is C48H34N2. The Morgan fingerprint density at radius 2 is 0.840 bits per heavy atom. The number of nitrogens with one attached hydrogen (secondary N) is 1. The maximum Gasteiger partial charge on any atom is 0.0541 e. The standard InChI is InChI=1S/C48H34N2/c1-5-15-34(16-6-1)39-29-40(35-17-7-2-8-18-35)31-41(30-39)49-46-27-25-37(32-44(46)36-19-9-3-10-20-36)38-26-28-48-45(33-38)43-23-13-14-24-47(43)50(48)42-21-11-4-12-22-42/h1-33,49H. The van der Waals surface area contributed by atoms with Crippen LogP contribution in [0, 0.1) is 0 Å². The molecule has 9 rings (SSSR count). The SMILES string of the molecule is c1ccc(-c2cc(Nc3ccc(-c4ccc5c(c4)c4ccccc4n5-c4ccccc4)cc3-c3ccccc3)cc(-c3ccccc3)c2)cc1. The molecule has 8 aromatic carbocycles. The number of aromatic nitrogens is 1. The van der Waals surface area contributed by atoms with Gasteiger partial charge in [0, 0.05) is 33.4 Å². The highest BCUT2D eigenvalue weighted by Crippen LogP contribution is 2.39. The molecule has 1 heterocycles. The molecule has 0 saturated carbocycles. The molecule has 1 aromatic heterocycles. The van der Waals surface area contributed by atoms with Crippen LogP contribution in [0.15, 0.2) is 200 Å². The molecule has 0 saturated heterocycles. The van der Waals surface area contributed by atoms with Crippen molar-refractivity contribution in [1.29, 1.82) is 0 Å². The number of hydrogen-bond acceptors (Lipinski definition) is 1. The highest BCUT2D eigenvalue weighted by Gasteiger charge is 2.15. The summed E-state index contributed by atoms with van der Waals surface area (Å²) in [5.74, 6) is 0. The predicted molar refractivity (Wildman–Crippen MR) is 212 cm³/mol. The number of rotatable bonds is 7. The van der Waals surface area contributed by atoms with E-state index in [0.29, 0.717) is 0 Å². The van der Waals surface area contributed by atoms with E-state index >= 15 is 0 Å². The summed E-state index contributed by atoms with van der Waals surface area (Å²) in [6.45, 7) is 0.